The van der Waals surface area contributed by atoms with Gasteiger partial charge in [-0.3, -0.25) is 4.79 Å². The lowest BCUT2D eigenvalue weighted by Gasteiger charge is -2.19. The van der Waals surface area contributed by atoms with Crippen molar-refractivity contribution in [3.05, 3.63) is 69.3 Å². The van der Waals surface area contributed by atoms with Crippen LogP contribution in [0.3, 0.4) is 0 Å². The fourth-order valence-electron chi connectivity index (χ4n) is 2.23. The number of ether oxygens (including phenoxy) is 1. The van der Waals surface area contributed by atoms with Crippen molar-refractivity contribution in [3.8, 4) is 0 Å². The summed E-state index contributed by atoms with van der Waals surface area (Å²) in [6.07, 6.45) is -1.05. The van der Waals surface area contributed by atoms with Gasteiger partial charge >= 0.3 is 5.97 Å². The van der Waals surface area contributed by atoms with Crippen molar-refractivity contribution in [3.63, 3.8) is 0 Å². The Morgan fingerprint density at radius 2 is 1.75 bits per heavy atom. The highest BCUT2D eigenvalue weighted by atomic mass is 127. The molecule has 0 unspecified atom stereocenters. The highest BCUT2D eigenvalue weighted by molar-refractivity contribution is 14.1. The second-order valence-corrected chi connectivity index (χ2v) is 6.47. The van der Waals surface area contributed by atoms with E-state index in [2.05, 4.69) is 27.9 Å². The molecule has 0 spiro atoms. The van der Waals surface area contributed by atoms with Crippen LogP contribution in [-0.2, 0) is 20.7 Å². The summed E-state index contributed by atoms with van der Waals surface area (Å²) < 4.78 is 5.84. The van der Waals surface area contributed by atoms with Crippen LogP contribution in [-0.4, -0.2) is 30.1 Å². The Kier molecular flexibility index (Phi) is 6.74. The monoisotopic (exact) mass is 439 g/mol. The second-order valence-electron chi connectivity index (χ2n) is 5.23. The van der Waals surface area contributed by atoms with Gasteiger partial charge < -0.3 is 15.2 Å². The van der Waals surface area contributed by atoms with Crippen LogP contribution in [0.25, 0.3) is 0 Å². The van der Waals surface area contributed by atoms with Crippen LogP contribution in [0.4, 0.5) is 0 Å². The topological polar surface area (TPSA) is 75.6 Å². The minimum Gasteiger partial charge on any atom is -0.467 e. The molecule has 0 bridgehead atoms. The van der Waals surface area contributed by atoms with E-state index in [0.717, 1.165) is 9.13 Å². The summed E-state index contributed by atoms with van der Waals surface area (Å²) in [6, 6.07) is 15.3. The maximum Gasteiger partial charge on any atom is 0.328 e. The van der Waals surface area contributed by atoms with Gasteiger partial charge in [0.2, 0.25) is 0 Å². The Labute approximate surface area is 154 Å². The first-order chi connectivity index (χ1) is 11.5. The summed E-state index contributed by atoms with van der Waals surface area (Å²) in [5, 5.41) is 12.7. The van der Waals surface area contributed by atoms with Gasteiger partial charge in [-0.05, 0) is 45.9 Å². The molecule has 6 heteroatoms. The van der Waals surface area contributed by atoms with Crippen LogP contribution in [0.15, 0.2) is 54.6 Å². The number of nitrogens with one attached hydrogen (secondary N) is 1. The Morgan fingerprint density at radius 3 is 2.33 bits per heavy atom. The molecule has 0 radical (unpaired) electrons. The van der Waals surface area contributed by atoms with Gasteiger partial charge in [0.15, 0.2) is 6.10 Å². The van der Waals surface area contributed by atoms with Gasteiger partial charge in [-0.2, -0.15) is 0 Å². The van der Waals surface area contributed by atoms with Crippen molar-refractivity contribution >= 4 is 34.5 Å². The fourth-order valence-corrected chi connectivity index (χ4v) is 2.59. The number of rotatable bonds is 6. The largest absolute Gasteiger partial charge is 0.467 e. The van der Waals surface area contributed by atoms with Crippen LogP contribution in [0.1, 0.15) is 17.2 Å². The van der Waals surface area contributed by atoms with Crippen LogP contribution < -0.4 is 5.32 Å². The van der Waals surface area contributed by atoms with E-state index in [1.807, 2.05) is 24.3 Å². The van der Waals surface area contributed by atoms with E-state index in [1.54, 1.807) is 30.3 Å². The first kappa shape index (κ1) is 18.4. The molecule has 0 saturated heterocycles. The molecule has 0 aromatic heterocycles. The van der Waals surface area contributed by atoms with Crippen molar-refractivity contribution < 1.29 is 19.4 Å². The molecule has 0 aliphatic carbocycles. The van der Waals surface area contributed by atoms with Crippen LogP contribution in [0.2, 0.25) is 0 Å². The third-order valence-corrected chi connectivity index (χ3v) is 4.24. The van der Waals surface area contributed by atoms with Crippen molar-refractivity contribution in [2.75, 3.05) is 7.11 Å². The number of aliphatic hydroxyl groups excluding tert-OH is 1. The number of aliphatic hydroxyl groups is 1. The molecule has 0 aliphatic rings. The molecule has 2 rings (SSSR count). The summed E-state index contributed by atoms with van der Waals surface area (Å²) in [5.41, 5.74) is 1.35. The molecule has 1 amide bonds. The van der Waals surface area contributed by atoms with Crippen LogP contribution >= 0.6 is 22.6 Å². The number of esters is 1. The summed E-state index contributed by atoms with van der Waals surface area (Å²) >= 11 is 2.19. The number of hydrogen-bond donors (Lipinski definition) is 2. The zero-order valence-electron chi connectivity index (χ0n) is 13.1. The summed E-state index contributed by atoms with van der Waals surface area (Å²) in [4.78, 5) is 24.2. The normalized spacial score (nSPS) is 13.0. The van der Waals surface area contributed by atoms with Gasteiger partial charge in [0.25, 0.3) is 5.91 Å². The first-order valence-corrected chi connectivity index (χ1v) is 8.45. The average molecular weight is 439 g/mol. The quantitative estimate of drug-likeness (QED) is 0.535. The van der Waals surface area contributed by atoms with E-state index in [9.17, 15) is 14.7 Å². The molecule has 24 heavy (non-hydrogen) atoms. The number of carbonyl (C=O) groups is 2. The zero-order chi connectivity index (χ0) is 17.5. The summed E-state index contributed by atoms with van der Waals surface area (Å²) in [7, 11) is 1.27. The lowest BCUT2D eigenvalue weighted by Crippen LogP contribution is -2.45. The van der Waals surface area contributed by atoms with Crippen molar-refractivity contribution in [2.45, 2.75) is 18.6 Å². The molecule has 0 fully saturated rings. The Balaban J connectivity index is 2.09. The van der Waals surface area contributed by atoms with E-state index >= 15 is 0 Å². The zero-order valence-corrected chi connectivity index (χ0v) is 15.3. The van der Waals surface area contributed by atoms with Gasteiger partial charge in [-0.1, -0.05) is 42.5 Å². The molecule has 5 nitrogen and oxygen atoms in total. The molecular weight excluding hydrogens is 421 g/mol. The van der Waals surface area contributed by atoms with Gasteiger partial charge in [-0.25, -0.2) is 4.79 Å². The Morgan fingerprint density at radius 1 is 1.12 bits per heavy atom. The van der Waals surface area contributed by atoms with Crippen LogP contribution in [0, 0.1) is 3.57 Å². The average Bonchev–Trinajstić information content (AvgIpc) is 2.62. The fraction of sp³-hybridized carbons (Fsp3) is 0.222. The summed E-state index contributed by atoms with van der Waals surface area (Å²) in [5.74, 6) is -1.19. The maximum absolute atomic E-state index is 12.2. The van der Waals surface area contributed by atoms with Crippen molar-refractivity contribution in [2.24, 2.45) is 0 Å². The standard InChI is InChI=1S/C18H18INO4/c1-24-18(23)15(11-12-7-9-14(19)10-8-12)20-17(22)16(21)13-5-3-2-4-6-13/h2-10,15-16,21H,11H2,1H3,(H,20,22)/t15-,16+/m1/s1. The third kappa shape index (κ3) is 5.04. The SMILES string of the molecule is COC(=O)[C@@H](Cc1ccc(I)cc1)NC(=O)[C@@H](O)c1ccccc1. The summed E-state index contributed by atoms with van der Waals surface area (Å²) in [6.45, 7) is 0. The van der Waals surface area contributed by atoms with Gasteiger partial charge in [-0.15, -0.1) is 0 Å². The number of methoxy groups -OCH3 is 1. The smallest absolute Gasteiger partial charge is 0.328 e. The number of carbonyl (C=O) groups excluding carboxylic acids is 2. The van der Waals surface area contributed by atoms with Gasteiger partial charge in [0, 0.05) is 9.99 Å². The third-order valence-electron chi connectivity index (χ3n) is 3.52. The predicted molar refractivity (Wildman–Crippen MR) is 98.2 cm³/mol. The molecule has 2 atom stereocenters. The van der Waals surface area contributed by atoms with Crippen molar-refractivity contribution in [1.82, 2.24) is 5.32 Å². The highest BCUT2D eigenvalue weighted by Gasteiger charge is 2.26. The van der Waals surface area contributed by atoms with Crippen molar-refractivity contribution in [1.29, 1.82) is 0 Å². The molecule has 0 heterocycles. The number of amides is 1. The van der Waals surface area contributed by atoms with E-state index in [-0.39, 0.29) is 6.42 Å². The number of benzene rings is 2. The second kappa shape index (κ2) is 8.79. The van der Waals surface area contributed by atoms with E-state index in [0.29, 0.717) is 5.56 Å². The molecule has 0 saturated carbocycles. The number of halogens is 1. The Hall–Kier alpha value is -1.93. The molecule has 2 aromatic carbocycles. The lowest BCUT2D eigenvalue weighted by atomic mass is 10.0. The molecule has 126 valence electrons. The maximum atomic E-state index is 12.2. The van der Waals surface area contributed by atoms with Gasteiger partial charge in [0.1, 0.15) is 6.04 Å². The van der Waals surface area contributed by atoms with E-state index in [4.69, 9.17) is 4.74 Å². The Bertz CT molecular complexity index is 688. The lowest BCUT2D eigenvalue weighted by molar-refractivity contribution is -0.146. The molecule has 2 N–H and O–H groups in total. The molecule has 2 aromatic rings. The molecule has 0 aliphatic heterocycles. The number of hydrogen-bond acceptors (Lipinski definition) is 4. The highest BCUT2D eigenvalue weighted by Crippen LogP contribution is 2.14. The first-order valence-electron chi connectivity index (χ1n) is 7.37. The van der Waals surface area contributed by atoms with E-state index in [1.165, 1.54) is 7.11 Å². The van der Waals surface area contributed by atoms with Gasteiger partial charge in [0.05, 0.1) is 7.11 Å². The minimum atomic E-state index is -1.34. The van der Waals surface area contributed by atoms with E-state index < -0.39 is 24.0 Å². The van der Waals surface area contributed by atoms with Crippen LogP contribution in [0.5, 0.6) is 0 Å². The predicted octanol–water partition coefficient (Wildman–Crippen LogP) is 2.23. The minimum absolute atomic E-state index is 0.289. The molecular formula is C18H18INO4.